The lowest BCUT2D eigenvalue weighted by Gasteiger charge is -2.22. The van der Waals surface area contributed by atoms with Crippen molar-refractivity contribution in [3.63, 3.8) is 0 Å². The Morgan fingerprint density at radius 1 is 1.00 bits per heavy atom. The van der Waals surface area contributed by atoms with Gasteiger partial charge in [0.1, 0.15) is 0 Å². The third-order valence-corrected chi connectivity index (χ3v) is 5.08. The van der Waals surface area contributed by atoms with Gasteiger partial charge in [0.2, 0.25) is 0 Å². The first-order chi connectivity index (χ1) is 7.26. The molecule has 2 heteroatoms. The van der Waals surface area contributed by atoms with Crippen LogP contribution < -0.4 is 5.73 Å². The predicted molar refractivity (Wildman–Crippen MR) is 68.0 cm³/mol. The summed E-state index contributed by atoms with van der Waals surface area (Å²) >= 11 is 0. The number of hydrogen-bond donors (Lipinski definition) is 1. The van der Waals surface area contributed by atoms with Gasteiger partial charge < -0.3 is 5.73 Å². The highest BCUT2D eigenvalue weighted by Crippen LogP contribution is 2.60. The number of benzene rings is 1. The quantitative estimate of drug-likeness (QED) is 0.735. The smallest absolute Gasteiger partial charge is 0.0195 e. The third-order valence-electron chi connectivity index (χ3n) is 5.08. The maximum absolute atomic E-state index is 6.56. The van der Waals surface area contributed by atoms with E-state index in [0.717, 1.165) is 17.8 Å². The molecule has 86 valence electrons. The zero-order valence-electron chi connectivity index (χ0n) is 9.36. The Balaban J connectivity index is 0.000000810. The number of nitrogens with two attached hydrogens (primary N) is 1. The van der Waals surface area contributed by atoms with Crippen LogP contribution in [0.25, 0.3) is 0 Å². The van der Waals surface area contributed by atoms with Gasteiger partial charge in [0.25, 0.3) is 0 Å². The summed E-state index contributed by atoms with van der Waals surface area (Å²) in [5.41, 5.74) is 9.99. The van der Waals surface area contributed by atoms with Gasteiger partial charge in [-0.05, 0) is 54.6 Å². The Kier molecular flexibility index (Phi) is 2.15. The summed E-state index contributed by atoms with van der Waals surface area (Å²) in [7, 11) is 0. The van der Waals surface area contributed by atoms with E-state index in [1.54, 1.807) is 11.1 Å². The average Bonchev–Trinajstić information content (AvgIpc) is 2.59. The van der Waals surface area contributed by atoms with Gasteiger partial charge in [-0.2, -0.15) is 0 Å². The summed E-state index contributed by atoms with van der Waals surface area (Å²) in [6, 6.07) is 9.06. The molecule has 4 bridgehead atoms. The van der Waals surface area contributed by atoms with Gasteiger partial charge >= 0.3 is 0 Å². The highest BCUT2D eigenvalue weighted by Gasteiger charge is 2.54. The van der Waals surface area contributed by atoms with E-state index in [2.05, 4.69) is 24.3 Å². The van der Waals surface area contributed by atoms with E-state index in [-0.39, 0.29) is 17.9 Å². The molecule has 1 nitrogen and oxygen atoms in total. The second-order valence-corrected chi connectivity index (χ2v) is 5.83. The van der Waals surface area contributed by atoms with E-state index in [1.165, 1.54) is 25.7 Å². The Labute approximate surface area is 103 Å². The van der Waals surface area contributed by atoms with Crippen molar-refractivity contribution in [2.75, 3.05) is 0 Å². The first-order valence-electron chi connectivity index (χ1n) is 6.14. The van der Waals surface area contributed by atoms with Gasteiger partial charge in [-0.25, -0.2) is 0 Å². The fraction of sp³-hybridized carbons (Fsp3) is 0.571. The van der Waals surface area contributed by atoms with Crippen LogP contribution in [0.2, 0.25) is 0 Å². The van der Waals surface area contributed by atoms with Crippen molar-refractivity contribution < 1.29 is 0 Å². The normalized spacial score (nSPS) is 42.7. The van der Waals surface area contributed by atoms with Crippen molar-refractivity contribution >= 4 is 12.4 Å². The second-order valence-electron chi connectivity index (χ2n) is 5.83. The molecule has 0 amide bonds. The summed E-state index contributed by atoms with van der Waals surface area (Å²) in [5, 5.41) is 0. The van der Waals surface area contributed by atoms with Crippen LogP contribution in [0, 0.1) is 5.92 Å². The van der Waals surface area contributed by atoms with Crippen LogP contribution in [-0.4, -0.2) is 5.54 Å². The van der Waals surface area contributed by atoms with Crippen LogP contribution in [-0.2, 0) is 0 Å². The summed E-state index contributed by atoms with van der Waals surface area (Å²) in [6.07, 6.45) is 5.18. The molecule has 0 radical (unpaired) electrons. The first-order valence-corrected chi connectivity index (χ1v) is 6.14. The van der Waals surface area contributed by atoms with E-state index >= 15 is 0 Å². The molecule has 2 fully saturated rings. The van der Waals surface area contributed by atoms with Gasteiger partial charge in [0.05, 0.1) is 0 Å². The molecular formula is C14H18ClN. The number of hydrogen-bond acceptors (Lipinski definition) is 1. The minimum atomic E-state index is 0. The highest BCUT2D eigenvalue weighted by molar-refractivity contribution is 5.85. The van der Waals surface area contributed by atoms with E-state index in [0.29, 0.717) is 0 Å². The average molecular weight is 236 g/mol. The maximum atomic E-state index is 6.56. The Morgan fingerprint density at radius 3 is 1.94 bits per heavy atom. The van der Waals surface area contributed by atoms with Crippen molar-refractivity contribution in [2.45, 2.75) is 43.1 Å². The molecule has 2 atom stereocenters. The van der Waals surface area contributed by atoms with Crippen LogP contribution in [0.3, 0.4) is 0 Å². The van der Waals surface area contributed by atoms with E-state index in [4.69, 9.17) is 5.73 Å². The fourth-order valence-corrected chi connectivity index (χ4v) is 4.48. The van der Waals surface area contributed by atoms with Crippen molar-refractivity contribution in [3.05, 3.63) is 35.4 Å². The standard InChI is InChI=1S/C14H17N.ClH/c15-14-7-9-5-11(14)6-10(8-14)13-4-2-1-3-12(9)13;/h1-4,9-11H,5-8,15H2;1H. The molecular weight excluding hydrogens is 218 g/mol. The van der Waals surface area contributed by atoms with Gasteiger partial charge in [0.15, 0.2) is 0 Å². The minimum absolute atomic E-state index is 0. The molecule has 0 heterocycles. The lowest BCUT2D eigenvalue weighted by atomic mass is 9.91. The van der Waals surface area contributed by atoms with Crippen LogP contribution >= 0.6 is 12.4 Å². The van der Waals surface area contributed by atoms with Crippen LogP contribution in [0.15, 0.2) is 24.3 Å². The van der Waals surface area contributed by atoms with Crippen molar-refractivity contribution in [3.8, 4) is 0 Å². The second kappa shape index (κ2) is 3.24. The molecule has 0 saturated heterocycles. The molecule has 16 heavy (non-hydrogen) atoms. The molecule has 0 aromatic heterocycles. The molecule has 2 saturated carbocycles. The zero-order chi connectivity index (χ0) is 10.0. The molecule has 0 aliphatic heterocycles. The van der Waals surface area contributed by atoms with Gasteiger partial charge in [0, 0.05) is 5.54 Å². The van der Waals surface area contributed by atoms with Crippen molar-refractivity contribution in [1.29, 1.82) is 0 Å². The van der Waals surface area contributed by atoms with E-state index in [1.807, 2.05) is 0 Å². The van der Waals surface area contributed by atoms with Crippen LogP contribution in [0.4, 0.5) is 0 Å². The molecule has 2 N–H and O–H groups in total. The van der Waals surface area contributed by atoms with Gasteiger partial charge in [-0.15, -0.1) is 12.4 Å². The lowest BCUT2D eigenvalue weighted by molar-refractivity contribution is 0.370. The highest BCUT2D eigenvalue weighted by atomic mass is 35.5. The summed E-state index contributed by atoms with van der Waals surface area (Å²) in [5.74, 6) is 2.34. The van der Waals surface area contributed by atoms with E-state index in [9.17, 15) is 0 Å². The summed E-state index contributed by atoms with van der Waals surface area (Å²) in [6.45, 7) is 0. The predicted octanol–water partition coefficient (Wildman–Crippen LogP) is 3.19. The molecule has 5 rings (SSSR count). The largest absolute Gasteiger partial charge is 0.325 e. The summed E-state index contributed by atoms with van der Waals surface area (Å²) < 4.78 is 0. The molecule has 2 unspecified atom stereocenters. The monoisotopic (exact) mass is 235 g/mol. The van der Waals surface area contributed by atoms with Gasteiger partial charge in [-0.3, -0.25) is 0 Å². The minimum Gasteiger partial charge on any atom is -0.325 e. The molecule has 4 aliphatic carbocycles. The summed E-state index contributed by atoms with van der Waals surface area (Å²) in [4.78, 5) is 0. The SMILES string of the molecule is Cl.NC12CC3CC1CC(C2)c1ccccc13. The van der Waals surface area contributed by atoms with Gasteiger partial charge in [-0.1, -0.05) is 24.3 Å². The fourth-order valence-electron chi connectivity index (χ4n) is 4.48. The number of halogens is 1. The van der Waals surface area contributed by atoms with Crippen molar-refractivity contribution in [1.82, 2.24) is 0 Å². The first kappa shape index (κ1) is 10.6. The van der Waals surface area contributed by atoms with Crippen LogP contribution in [0.1, 0.15) is 48.6 Å². The Bertz CT molecular complexity index is 393. The molecule has 0 spiro atoms. The zero-order valence-corrected chi connectivity index (χ0v) is 10.2. The number of rotatable bonds is 0. The van der Waals surface area contributed by atoms with Crippen molar-refractivity contribution in [2.24, 2.45) is 11.7 Å². The Morgan fingerprint density at radius 2 is 1.50 bits per heavy atom. The molecule has 1 aromatic rings. The molecule has 4 aliphatic rings. The molecule has 1 aromatic carbocycles. The maximum Gasteiger partial charge on any atom is 0.0195 e. The van der Waals surface area contributed by atoms with E-state index < -0.39 is 0 Å². The third kappa shape index (κ3) is 1.16. The van der Waals surface area contributed by atoms with Crippen LogP contribution in [0.5, 0.6) is 0 Å². The Hall–Kier alpha value is -0.530. The topological polar surface area (TPSA) is 26.0 Å². The lowest BCUT2D eigenvalue weighted by Crippen LogP contribution is -2.39.